The molecule has 4 rings (SSSR count). The second-order valence-electron chi connectivity index (χ2n) is 6.61. The number of aromatic nitrogens is 2. The molecule has 1 N–H and O–H groups in total. The molecule has 1 aliphatic rings. The van der Waals surface area contributed by atoms with E-state index in [2.05, 4.69) is 10.4 Å². The summed E-state index contributed by atoms with van der Waals surface area (Å²) in [6, 6.07) is 16.4. The van der Waals surface area contributed by atoms with Crippen LogP contribution in [-0.4, -0.2) is 28.3 Å². The fourth-order valence-electron chi connectivity index (χ4n) is 2.82. The first kappa shape index (κ1) is 17.9. The summed E-state index contributed by atoms with van der Waals surface area (Å²) in [6.45, 7) is -0.449. The van der Waals surface area contributed by atoms with Crippen LogP contribution >= 0.6 is 0 Å². The maximum Gasteiger partial charge on any atom is 0.357 e. The van der Waals surface area contributed by atoms with E-state index < -0.39 is 24.3 Å². The normalized spacial score (nSPS) is 13.2. The molecule has 28 heavy (non-hydrogen) atoms. The van der Waals surface area contributed by atoms with E-state index in [1.165, 1.54) is 24.3 Å². The van der Waals surface area contributed by atoms with Crippen molar-refractivity contribution in [3.05, 3.63) is 77.9 Å². The van der Waals surface area contributed by atoms with Crippen molar-refractivity contribution in [3.8, 4) is 5.69 Å². The van der Waals surface area contributed by atoms with Crippen LogP contribution < -0.4 is 5.32 Å². The molecule has 3 aromatic rings. The van der Waals surface area contributed by atoms with Crippen LogP contribution in [0.2, 0.25) is 0 Å². The maximum atomic E-state index is 12.9. The minimum absolute atomic E-state index is 0.280. The number of carbonyl (C=O) groups excluding carboxylic acids is 2. The number of hydrogen-bond acceptors (Lipinski definition) is 4. The molecule has 0 saturated heterocycles. The van der Waals surface area contributed by atoms with E-state index in [9.17, 15) is 14.0 Å². The average Bonchev–Trinajstić information content (AvgIpc) is 3.47. The van der Waals surface area contributed by atoms with Gasteiger partial charge in [0.25, 0.3) is 5.91 Å². The Morgan fingerprint density at radius 3 is 2.50 bits per heavy atom. The number of esters is 1. The summed E-state index contributed by atoms with van der Waals surface area (Å²) >= 11 is 0. The third-order valence-electron chi connectivity index (χ3n) is 4.40. The molecule has 0 aliphatic heterocycles. The highest BCUT2D eigenvalue weighted by atomic mass is 19.1. The Labute approximate surface area is 160 Å². The molecule has 142 valence electrons. The van der Waals surface area contributed by atoms with Crippen molar-refractivity contribution in [2.45, 2.75) is 18.8 Å². The number of carbonyl (C=O) groups is 2. The van der Waals surface area contributed by atoms with Crippen molar-refractivity contribution in [1.29, 1.82) is 0 Å². The van der Waals surface area contributed by atoms with Gasteiger partial charge in [0.05, 0.1) is 11.4 Å². The first-order chi connectivity index (χ1) is 13.6. The van der Waals surface area contributed by atoms with Crippen LogP contribution in [0.5, 0.6) is 0 Å². The van der Waals surface area contributed by atoms with E-state index in [1.807, 2.05) is 30.3 Å². The summed E-state index contributed by atoms with van der Waals surface area (Å²) in [6.07, 6.45) is 2.11. The van der Waals surface area contributed by atoms with Crippen molar-refractivity contribution < 1.29 is 18.7 Å². The first-order valence-electron chi connectivity index (χ1n) is 8.98. The van der Waals surface area contributed by atoms with E-state index in [-0.39, 0.29) is 5.69 Å². The minimum Gasteiger partial charge on any atom is -0.451 e. The summed E-state index contributed by atoms with van der Waals surface area (Å²) < 4.78 is 19.6. The van der Waals surface area contributed by atoms with Crippen LogP contribution in [0, 0.1) is 5.82 Å². The van der Waals surface area contributed by atoms with Crippen molar-refractivity contribution >= 4 is 17.6 Å². The number of benzene rings is 2. The molecule has 1 aliphatic carbocycles. The smallest absolute Gasteiger partial charge is 0.357 e. The molecule has 1 heterocycles. The Hall–Kier alpha value is -3.48. The lowest BCUT2D eigenvalue weighted by Gasteiger charge is -2.08. The number of nitrogens with one attached hydrogen (secondary N) is 1. The van der Waals surface area contributed by atoms with Gasteiger partial charge in [0.15, 0.2) is 12.3 Å². The number of ether oxygens (including phenoxy) is 1. The topological polar surface area (TPSA) is 73.2 Å². The van der Waals surface area contributed by atoms with Gasteiger partial charge in [-0.25, -0.2) is 13.9 Å². The Balaban J connectivity index is 1.45. The Kier molecular flexibility index (Phi) is 4.89. The Bertz CT molecular complexity index is 995. The molecule has 1 aromatic heterocycles. The van der Waals surface area contributed by atoms with E-state index >= 15 is 0 Å². The largest absolute Gasteiger partial charge is 0.451 e. The lowest BCUT2D eigenvalue weighted by atomic mass is 10.2. The summed E-state index contributed by atoms with van der Waals surface area (Å²) in [5.41, 5.74) is 2.30. The number of nitrogens with zero attached hydrogens (tertiary/aromatic N) is 2. The van der Waals surface area contributed by atoms with Crippen LogP contribution in [0.25, 0.3) is 5.69 Å². The molecule has 0 spiro atoms. The van der Waals surface area contributed by atoms with Crippen LogP contribution in [0.1, 0.15) is 34.9 Å². The zero-order valence-electron chi connectivity index (χ0n) is 15.0. The van der Waals surface area contributed by atoms with E-state index in [1.54, 1.807) is 10.7 Å². The zero-order chi connectivity index (χ0) is 19.5. The highest BCUT2D eigenvalue weighted by Gasteiger charge is 2.29. The number of para-hydroxylation sites is 1. The van der Waals surface area contributed by atoms with Crippen molar-refractivity contribution in [1.82, 2.24) is 9.78 Å². The predicted molar refractivity (Wildman–Crippen MR) is 101 cm³/mol. The molecule has 1 fully saturated rings. The number of halogens is 1. The predicted octanol–water partition coefficient (Wildman–Crippen LogP) is 3.68. The molecule has 0 atom stereocenters. The standard InChI is InChI=1S/C21H18FN3O3/c22-15-8-10-16(11-9-15)23-20(26)13-28-21(27)19-12-18(14-6-7-14)24-25(19)17-4-2-1-3-5-17/h1-5,8-12,14H,6-7,13H2,(H,23,26). The third kappa shape index (κ3) is 4.09. The molecular formula is C21H18FN3O3. The number of hydrogen-bond donors (Lipinski definition) is 1. The molecule has 1 amide bonds. The molecule has 7 heteroatoms. The lowest BCUT2D eigenvalue weighted by molar-refractivity contribution is -0.119. The molecule has 0 bridgehead atoms. The zero-order valence-corrected chi connectivity index (χ0v) is 15.0. The highest BCUT2D eigenvalue weighted by Crippen LogP contribution is 2.39. The van der Waals surface area contributed by atoms with Gasteiger partial charge in [0.1, 0.15) is 5.82 Å². The molecule has 0 unspecified atom stereocenters. The summed E-state index contributed by atoms with van der Waals surface area (Å²) in [4.78, 5) is 24.6. The molecule has 6 nitrogen and oxygen atoms in total. The number of amides is 1. The van der Waals surface area contributed by atoms with Crippen LogP contribution in [0.4, 0.5) is 10.1 Å². The SMILES string of the molecule is O=C(COC(=O)c1cc(C2CC2)nn1-c1ccccc1)Nc1ccc(F)cc1. The molecule has 2 aromatic carbocycles. The summed E-state index contributed by atoms with van der Waals surface area (Å²) in [5.74, 6) is -1.16. The van der Waals surface area contributed by atoms with Gasteiger partial charge in [-0.15, -0.1) is 0 Å². The fourth-order valence-corrected chi connectivity index (χ4v) is 2.82. The third-order valence-corrected chi connectivity index (χ3v) is 4.40. The van der Waals surface area contributed by atoms with Crippen molar-refractivity contribution in [3.63, 3.8) is 0 Å². The molecular weight excluding hydrogens is 361 g/mol. The lowest BCUT2D eigenvalue weighted by Crippen LogP contribution is -2.22. The van der Waals surface area contributed by atoms with Gasteiger partial charge in [-0.1, -0.05) is 18.2 Å². The molecule has 1 saturated carbocycles. The fraction of sp³-hybridized carbons (Fsp3) is 0.190. The van der Waals surface area contributed by atoms with Crippen LogP contribution in [0.15, 0.2) is 60.7 Å². The van der Waals surface area contributed by atoms with Gasteiger partial charge >= 0.3 is 5.97 Å². The van der Waals surface area contributed by atoms with Gasteiger partial charge in [-0.2, -0.15) is 5.10 Å². The van der Waals surface area contributed by atoms with Crippen LogP contribution in [-0.2, 0) is 9.53 Å². The van der Waals surface area contributed by atoms with Gasteiger partial charge in [0.2, 0.25) is 0 Å². The molecule has 0 radical (unpaired) electrons. The van der Waals surface area contributed by atoms with Crippen LogP contribution in [0.3, 0.4) is 0 Å². The van der Waals surface area contributed by atoms with Crippen molar-refractivity contribution in [2.24, 2.45) is 0 Å². The Morgan fingerprint density at radius 1 is 1.11 bits per heavy atom. The van der Waals surface area contributed by atoms with Gasteiger partial charge < -0.3 is 10.1 Å². The number of rotatable bonds is 6. The minimum atomic E-state index is -0.627. The van der Waals surface area contributed by atoms with E-state index in [4.69, 9.17) is 4.74 Å². The summed E-state index contributed by atoms with van der Waals surface area (Å²) in [5, 5.41) is 7.10. The van der Waals surface area contributed by atoms with Gasteiger partial charge in [-0.3, -0.25) is 4.79 Å². The Morgan fingerprint density at radius 2 is 1.82 bits per heavy atom. The van der Waals surface area contributed by atoms with Gasteiger partial charge in [-0.05, 0) is 55.3 Å². The quantitative estimate of drug-likeness (QED) is 0.663. The van der Waals surface area contributed by atoms with E-state index in [0.717, 1.165) is 24.2 Å². The van der Waals surface area contributed by atoms with Crippen molar-refractivity contribution in [2.75, 3.05) is 11.9 Å². The highest BCUT2D eigenvalue weighted by molar-refractivity contribution is 5.95. The monoisotopic (exact) mass is 379 g/mol. The second-order valence-corrected chi connectivity index (χ2v) is 6.61. The van der Waals surface area contributed by atoms with E-state index in [0.29, 0.717) is 11.6 Å². The average molecular weight is 379 g/mol. The van der Waals surface area contributed by atoms with Gasteiger partial charge in [0, 0.05) is 11.6 Å². The maximum absolute atomic E-state index is 12.9. The second kappa shape index (κ2) is 7.64. The summed E-state index contributed by atoms with van der Waals surface area (Å²) in [7, 11) is 0. The first-order valence-corrected chi connectivity index (χ1v) is 8.98. The number of anilines is 1.